The highest BCUT2D eigenvalue weighted by Gasteiger charge is 2.25. The summed E-state index contributed by atoms with van der Waals surface area (Å²) in [6.07, 6.45) is 0. The Kier molecular flexibility index (Phi) is 6.14. The van der Waals surface area contributed by atoms with Crippen molar-refractivity contribution >= 4 is 16.8 Å². The number of hydrogen-bond acceptors (Lipinski definition) is 6. The Morgan fingerprint density at radius 1 is 0.919 bits per heavy atom. The van der Waals surface area contributed by atoms with E-state index in [9.17, 15) is 4.79 Å². The van der Waals surface area contributed by atoms with Crippen molar-refractivity contribution in [3.05, 3.63) is 83.4 Å². The molecule has 7 nitrogen and oxygen atoms in total. The standard InChI is InChI=1S/C30H29N3O4/c1-20-3-9-26-24(15-20)25(17-27(31-26)22-5-7-23(35-2)8-6-22)30(34)33-13-11-32(12-14-33)18-21-4-10-28-29(16-21)37-19-36-28/h3-10,15-17H,11-14,18-19H2,1-2H3. The Hall–Kier alpha value is -4.10. The molecule has 1 amide bonds. The van der Waals surface area contributed by atoms with Gasteiger partial charge in [0.2, 0.25) is 6.79 Å². The molecule has 4 aromatic rings. The summed E-state index contributed by atoms with van der Waals surface area (Å²) >= 11 is 0. The van der Waals surface area contributed by atoms with Gasteiger partial charge < -0.3 is 19.1 Å². The van der Waals surface area contributed by atoms with E-state index in [1.165, 1.54) is 5.56 Å². The van der Waals surface area contributed by atoms with Crippen LogP contribution in [0.25, 0.3) is 22.2 Å². The van der Waals surface area contributed by atoms with Gasteiger partial charge in [0.05, 0.1) is 23.9 Å². The van der Waals surface area contributed by atoms with Gasteiger partial charge in [-0.15, -0.1) is 0 Å². The highest BCUT2D eigenvalue weighted by atomic mass is 16.7. The molecule has 0 N–H and O–H groups in total. The van der Waals surface area contributed by atoms with Gasteiger partial charge in [0.15, 0.2) is 11.5 Å². The van der Waals surface area contributed by atoms with Crippen molar-refractivity contribution in [3.63, 3.8) is 0 Å². The molecular weight excluding hydrogens is 466 g/mol. The number of aromatic nitrogens is 1. The normalized spacial score (nSPS) is 15.2. The van der Waals surface area contributed by atoms with Gasteiger partial charge in [0, 0.05) is 43.7 Å². The first-order valence-corrected chi connectivity index (χ1v) is 12.5. The van der Waals surface area contributed by atoms with Crippen LogP contribution in [-0.2, 0) is 6.54 Å². The van der Waals surface area contributed by atoms with Crippen LogP contribution < -0.4 is 14.2 Å². The number of carbonyl (C=O) groups is 1. The van der Waals surface area contributed by atoms with E-state index in [0.717, 1.165) is 64.6 Å². The molecule has 1 saturated heterocycles. The minimum absolute atomic E-state index is 0.0514. The average Bonchev–Trinajstić information content (AvgIpc) is 3.41. The summed E-state index contributed by atoms with van der Waals surface area (Å²) in [6, 6.07) is 21.9. The average molecular weight is 496 g/mol. The van der Waals surface area contributed by atoms with E-state index in [-0.39, 0.29) is 12.7 Å². The molecule has 0 unspecified atom stereocenters. The number of fused-ring (bicyclic) bond motifs is 2. The lowest BCUT2D eigenvalue weighted by molar-refractivity contribution is 0.0630. The monoisotopic (exact) mass is 495 g/mol. The van der Waals surface area contributed by atoms with Crippen LogP contribution in [0.3, 0.4) is 0 Å². The molecule has 2 aliphatic rings. The second-order valence-corrected chi connectivity index (χ2v) is 9.56. The second kappa shape index (κ2) is 9.75. The van der Waals surface area contributed by atoms with Gasteiger partial charge in [-0.1, -0.05) is 17.7 Å². The maximum atomic E-state index is 13.8. The first kappa shape index (κ1) is 23.3. The quantitative estimate of drug-likeness (QED) is 0.392. The van der Waals surface area contributed by atoms with E-state index >= 15 is 0 Å². The molecule has 7 heteroatoms. The third-order valence-electron chi connectivity index (χ3n) is 7.08. The predicted octanol–water partition coefficient (Wildman–Crippen LogP) is 4.91. The topological polar surface area (TPSA) is 64.1 Å². The van der Waals surface area contributed by atoms with E-state index in [0.29, 0.717) is 18.7 Å². The van der Waals surface area contributed by atoms with Crippen molar-refractivity contribution in [2.75, 3.05) is 40.1 Å². The Labute approximate surface area is 216 Å². The van der Waals surface area contributed by atoms with Crippen LogP contribution in [0, 0.1) is 6.92 Å². The van der Waals surface area contributed by atoms with Crippen LogP contribution in [0.5, 0.6) is 17.2 Å². The Balaban J connectivity index is 1.22. The van der Waals surface area contributed by atoms with Gasteiger partial charge in [-0.05, 0) is 67.1 Å². The lowest BCUT2D eigenvalue weighted by Crippen LogP contribution is -2.48. The van der Waals surface area contributed by atoms with E-state index in [1.54, 1.807) is 7.11 Å². The number of pyridine rings is 1. The van der Waals surface area contributed by atoms with Crippen molar-refractivity contribution in [2.45, 2.75) is 13.5 Å². The smallest absolute Gasteiger partial charge is 0.254 e. The van der Waals surface area contributed by atoms with Crippen molar-refractivity contribution in [3.8, 4) is 28.5 Å². The number of aryl methyl sites for hydroxylation is 1. The lowest BCUT2D eigenvalue weighted by atomic mass is 10.0. The van der Waals surface area contributed by atoms with Gasteiger partial charge in [0.1, 0.15) is 5.75 Å². The maximum Gasteiger partial charge on any atom is 0.254 e. The van der Waals surface area contributed by atoms with E-state index < -0.39 is 0 Å². The van der Waals surface area contributed by atoms with E-state index in [4.69, 9.17) is 19.2 Å². The fourth-order valence-electron chi connectivity index (χ4n) is 5.00. The molecule has 0 saturated carbocycles. The molecule has 2 aliphatic heterocycles. The molecule has 0 atom stereocenters. The Morgan fingerprint density at radius 2 is 1.70 bits per heavy atom. The summed E-state index contributed by atoms with van der Waals surface area (Å²) in [5, 5.41) is 0.894. The van der Waals surface area contributed by atoms with E-state index in [1.807, 2.05) is 66.4 Å². The number of rotatable bonds is 5. The highest BCUT2D eigenvalue weighted by Crippen LogP contribution is 2.33. The zero-order chi connectivity index (χ0) is 25.4. The third kappa shape index (κ3) is 4.70. The summed E-state index contributed by atoms with van der Waals surface area (Å²) in [6.45, 7) is 6.12. The fourth-order valence-corrected chi connectivity index (χ4v) is 5.00. The molecule has 1 aromatic heterocycles. The zero-order valence-electron chi connectivity index (χ0n) is 21.1. The summed E-state index contributed by atoms with van der Waals surface area (Å²) < 4.78 is 16.2. The Bertz CT molecular complexity index is 1460. The summed E-state index contributed by atoms with van der Waals surface area (Å²) in [5.41, 5.74) is 5.54. The number of benzene rings is 3. The van der Waals surface area contributed by atoms with Crippen LogP contribution in [0.1, 0.15) is 21.5 Å². The number of methoxy groups -OCH3 is 1. The number of carbonyl (C=O) groups excluding carboxylic acids is 1. The highest BCUT2D eigenvalue weighted by molar-refractivity contribution is 6.07. The predicted molar refractivity (Wildman–Crippen MR) is 142 cm³/mol. The maximum absolute atomic E-state index is 13.8. The molecule has 0 spiro atoms. The molecule has 37 heavy (non-hydrogen) atoms. The molecule has 188 valence electrons. The minimum Gasteiger partial charge on any atom is -0.497 e. The van der Waals surface area contributed by atoms with Crippen molar-refractivity contribution in [1.29, 1.82) is 0 Å². The minimum atomic E-state index is 0.0514. The number of hydrogen-bond donors (Lipinski definition) is 0. The molecule has 6 rings (SSSR count). The summed E-state index contributed by atoms with van der Waals surface area (Å²) in [7, 11) is 1.65. The largest absolute Gasteiger partial charge is 0.497 e. The fraction of sp³-hybridized carbons (Fsp3) is 0.267. The molecular formula is C30H29N3O4. The van der Waals surface area contributed by atoms with E-state index in [2.05, 4.69) is 17.0 Å². The van der Waals surface area contributed by atoms with Gasteiger partial charge in [-0.2, -0.15) is 0 Å². The molecule has 3 aromatic carbocycles. The number of nitrogens with zero attached hydrogens (tertiary/aromatic N) is 3. The molecule has 0 aliphatic carbocycles. The van der Waals surface area contributed by atoms with Gasteiger partial charge >= 0.3 is 0 Å². The molecule has 0 bridgehead atoms. The van der Waals surface area contributed by atoms with Gasteiger partial charge in [0.25, 0.3) is 5.91 Å². The van der Waals surface area contributed by atoms with Crippen molar-refractivity contribution in [2.24, 2.45) is 0 Å². The number of amides is 1. The van der Waals surface area contributed by atoms with Crippen LogP contribution in [0.15, 0.2) is 66.7 Å². The van der Waals surface area contributed by atoms with Crippen LogP contribution in [0.4, 0.5) is 0 Å². The number of piperazine rings is 1. The van der Waals surface area contributed by atoms with Crippen molar-refractivity contribution in [1.82, 2.24) is 14.8 Å². The molecule has 0 radical (unpaired) electrons. The summed E-state index contributed by atoms with van der Waals surface area (Å²) in [4.78, 5) is 23.0. The second-order valence-electron chi connectivity index (χ2n) is 9.56. The van der Waals surface area contributed by atoms with Crippen LogP contribution in [0.2, 0.25) is 0 Å². The Morgan fingerprint density at radius 3 is 2.49 bits per heavy atom. The SMILES string of the molecule is COc1ccc(-c2cc(C(=O)N3CCN(Cc4ccc5c(c4)OCO5)CC3)c3cc(C)ccc3n2)cc1. The number of ether oxygens (including phenoxy) is 3. The molecule has 1 fully saturated rings. The lowest BCUT2D eigenvalue weighted by Gasteiger charge is -2.35. The zero-order valence-corrected chi connectivity index (χ0v) is 21.1. The molecule has 3 heterocycles. The van der Waals surface area contributed by atoms with Gasteiger partial charge in [-0.25, -0.2) is 4.98 Å². The van der Waals surface area contributed by atoms with Gasteiger partial charge in [-0.3, -0.25) is 9.69 Å². The van der Waals surface area contributed by atoms with Crippen molar-refractivity contribution < 1.29 is 19.0 Å². The van der Waals surface area contributed by atoms with Crippen LogP contribution in [-0.4, -0.2) is 60.8 Å². The summed E-state index contributed by atoms with van der Waals surface area (Å²) in [5.74, 6) is 2.44. The first-order chi connectivity index (χ1) is 18.1. The first-order valence-electron chi connectivity index (χ1n) is 12.5. The third-order valence-corrected chi connectivity index (χ3v) is 7.08. The van der Waals surface area contributed by atoms with Crippen LogP contribution >= 0.6 is 0 Å².